The van der Waals surface area contributed by atoms with Crippen molar-refractivity contribution in [1.82, 2.24) is 0 Å². The van der Waals surface area contributed by atoms with E-state index in [0.717, 1.165) is 12.8 Å². The molecule has 0 saturated carbocycles. The van der Waals surface area contributed by atoms with Crippen molar-refractivity contribution < 1.29 is 14.6 Å². The Morgan fingerprint density at radius 3 is 2.35 bits per heavy atom. The SMILES string of the molecule is CCCCCCCCC(C)C(O)CC(=O)OC. The number of esters is 1. The Morgan fingerprint density at radius 2 is 1.76 bits per heavy atom. The van der Waals surface area contributed by atoms with Gasteiger partial charge in [0, 0.05) is 0 Å². The second-order valence-electron chi connectivity index (χ2n) is 4.88. The lowest BCUT2D eigenvalue weighted by molar-refractivity contribution is -0.143. The first-order valence-corrected chi connectivity index (χ1v) is 6.86. The molecule has 0 heterocycles. The van der Waals surface area contributed by atoms with Crippen molar-refractivity contribution in [3.8, 4) is 0 Å². The molecule has 3 heteroatoms. The summed E-state index contributed by atoms with van der Waals surface area (Å²) in [5.41, 5.74) is 0. The van der Waals surface area contributed by atoms with Gasteiger partial charge in [0.15, 0.2) is 0 Å². The molecule has 0 aromatic heterocycles. The molecule has 0 bridgehead atoms. The van der Waals surface area contributed by atoms with E-state index in [0.29, 0.717) is 0 Å². The number of aliphatic hydroxyl groups is 1. The number of aliphatic hydroxyl groups excluding tert-OH is 1. The highest BCUT2D eigenvalue weighted by atomic mass is 16.5. The van der Waals surface area contributed by atoms with E-state index in [1.807, 2.05) is 6.92 Å². The van der Waals surface area contributed by atoms with Gasteiger partial charge in [-0.1, -0.05) is 52.4 Å². The van der Waals surface area contributed by atoms with Gasteiger partial charge in [-0.25, -0.2) is 0 Å². The quantitative estimate of drug-likeness (QED) is 0.474. The summed E-state index contributed by atoms with van der Waals surface area (Å²) in [6.07, 6.45) is 8.12. The van der Waals surface area contributed by atoms with Crippen LogP contribution in [0.2, 0.25) is 0 Å². The van der Waals surface area contributed by atoms with Crippen molar-refractivity contribution >= 4 is 5.97 Å². The maximum absolute atomic E-state index is 11.0. The minimum Gasteiger partial charge on any atom is -0.469 e. The minimum absolute atomic E-state index is 0.119. The van der Waals surface area contributed by atoms with Crippen LogP contribution in [0.25, 0.3) is 0 Å². The zero-order valence-corrected chi connectivity index (χ0v) is 11.6. The lowest BCUT2D eigenvalue weighted by atomic mass is 9.95. The highest BCUT2D eigenvalue weighted by Crippen LogP contribution is 2.17. The second-order valence-corrected chi connectivity index (χ2v) is 4.88. The Balaban J connectivity index is 3.50. The first-order chi connectivity index (χ1) is 8.11. The van der Waals surface area contributed by atoms with Crippen LogP contribution in [0.1, 0.15) is 65.2 Å². The Morgan fingerprint density at radius 1 is 1.18 bits per heavy atom. The van der Waals surface area contributed by atoms with E-state index in [1.165, 1.54) is 39.2 Å². The molecule has 2 unspecified atom stereocenters. The first kappa shape index (κ1) is 16.4. The number of rotatable bonds is 10. The third-order valence-electron chi connectivity index (χ3n) is 3.27. The third-order valence-corrected chi connectivity index (χ3v) is 3.27. The van der Waals surface area contributed by atoms with Crippen LogP contribution in [0.5, 0.6) is 0 Å². The van der Waals surface area contributed by atoms with Crippen molar-refractivity contribution in [1.29, 1.82) is 0 Å². The number of carbonyl (C=O) groups is 1. The summed E-state index contributed by atoms with van der Waals surface area (Å²) in [5, 5.41) is 9.76. The zero-order valence-electron chi connectivity index (χ0n) is 11.6. The van der Waals surface area contributed by atoms with Gasteiger partial charge in [0.05, 0.1) is 19.6 Å². The molecule has 0 aliphatic rings. The molecule has 0 spiro atoms. The fourth-order valence-corrected chi connectivity index (χ4v) is 1.89. The first-order valence-electron chi connectivity index (χ1n) is 6.86. The Labute approximate surface area is 106 Å². The molecule has 2 atom stereocenters. The number of hydrogen-bond acceptors (Lipinski definition) is 3. The van der Waals surface area contributed by atoms with E-state index in [4.69, 9.17) is 0 Å². The summed E-state index contributed by atoms with van der Waals surface area (Å²) in [6.45, 7) is 4.21. The van der Waals surface area contributed by atoms with E-state index in [2.05, 4.69) is 11.7 Å². The van der Waals surface area contributed by atoms with E-state index in [-0.39, 0.29) is 18.3 Å². The smallest absolute Gasteiger partial charge is 0.308 e. The summed E-state index contributed by atoms with van der Waals surface area (Å²) >= 11 is 0. The lowest BCUT2D eigenvalue weighted by Crippen LogP contribution is -2.22. The van der Waals surface area contributed by atoms with Gasteiger partial charge < -0.3 is 9.84 Å². The summed E-state index contributed by atoms with van der Waals surface area (Å²) in [4.78, 5) is 11.0. The zero-order chi connectivity index (χ0) is 13.1. The molecule has 0 aromatic rings. The summed E-state index contributed by atoms with van der Waals surface area (Å²) in [6, 6.07) is 0. The van der Waals surface area contributed by atoms with Gasteiger partial charge in [-0.05, 0) is 12.3 Å². The van der Waals surface area contributed by atoms with Crippen LogP contribution in [0.3, 0.4) is 0 Å². The van der Waals surface area contributed by atoms with Crippen LogP contribution in [0.15, 0.2) is 0 Å². The fraction of sp³-hybridized carbons (Fsp3) is 0.929. The van der Waals surface area contributed by atoms with Gasteiger partial charge in [-0.3, -0.25) is 4.79 Å². The second kappa shape index (κ2) is 10.6. The molecule has 1 N–H and O–H groups in total. The van der Waals surface area contributed by atoms with Gasteiger partial charge in [0.1, 0.15) is 0 Å². The van der Waals surface area contributed by atoms with Crippen LogP contribution in [0.4, 0.5) is 0 Å². The predicted octanol–water partition coefficient (Wildman–Crippen LogP) is 3.30. The number of carbonyl (C=O) groups excluding carboxylic acids is 1. The maximum Gasteiger partial charge on any atom is 0.308 e. The van der Waals surface area contributed by atoms with Crippen LogP contribution < -0.4 is 0 Å². The fourth-order valence-electron chi connectivity index (χ4n) is 1.89. The van der Waals surface area contributed by atoms with Gasteiger partial charge >= 0.3 is 5.97 Å². The van der Waals surface area contributed by atoms with Crippen molar-refractivity contribution in [3.63, 3.8) is 0 Å². The average Bonchev–Trinajstić information content (AvgIpc) is 2.32. The topological polar surface area (TPSA) is 46.5 Å². The van der Waals surface area contributed by atoms with Crippen molar-refractivity contribution in [2.24, 2.45) is 5.92 Å². The van der Waals surface area contributed by atoms with Crippen LogP contribution in [0, 0.1) is 5.92 Å². The molecule has 3 nitrogen and oxygen atoms in total. The Hall–Kier alpha value is -0.570. The largest absolute Gasteiger partial charge is 0.469 e. The molecule has 0 radical (unpaired) electrons. The van der Waals surface area contributed by atoms with E-state index in [9.17, 15) is 9.90 Å². The molecule has 0 saturated heterocycles. The molecular weight excluding hydrogens is 216 g/mol. The molecule has 0 rings (SSSR count). The number of unbranched alkanes of at least 4 members (excludes halogenated alkanes) is 5. The van der Waals surface area contributed by atoms with Gasteiger partial charge in [0.2, 0.25) is 0 Å². The molecule has 0 fully saturated rings. The van der Waals surface area contributed by atoms with Crippen molar-refractivity contribution in [2.45, 2.75) is 71.3 Å². The molecule has 0 amide bonds. The predicted molar refractivity (Wildman–Crippen MR) is 69.8 cm³/mol. The van der Waals surface area contributed by atoms with Crippen LogP contribution in [-0.4, -0.2) is 24.3 Å². The maximum atomic E-state index is 11.0. The summed E-state index contributed by atoms with van der Waals surface area (Å²) in [5.74, 6) is -0.146. The minimum atomic E-state index is -0.557. The van der Waals surface area contributed by atoms with Gasteiger partial charge in [-0.2, -0.15) is 0 Å². The van der Waals surface area contributed by atoms with Gasteiger partial charge in [-0.15, -0.1) is 0 Å². The normalized spacial score (nSPS) is 14.4. The van der Waals surface area contributed by atoms with Crippen LogP contribution >= 0.6 is 0 Å². The van der Waals surface area contributed by atoms with E-state index < -0.39 is 6.10 Å². The Bertz CT molecular complexity index is 192. The van der Waals surface area contributed by atoms with Crippen LogP contribution in [-0.2, 0) is 9.53 Å². The highest BCUT2D eigenvalue weighted by molar-refractivity contribution is 5.69. The molecule has 0 aliphatic heterocycles. The number of hydrogen-bond donors (Lipinski definition) is 1. The molecule has 102 valence electrons. The third kappa shape index (κ3) is 9.16. The standard InChI is InChI=1S/C14H28O3/c1-4-5-6-7-8-9-10-12(2)13(15)11-14(16)17-3/h12-13,15H,4-11H2,1-3H3. The van der Waals surface area contributed by atoms with E-state index >= 15 is 0 Å². The lowest BCUT2D eigenvalue weighted by Gasteiger charge is -2.17. The molecule has 17 heavy (non-hydrogen) atoms. The monoisotopic (exact) mass is 244 g/mol. The molecular formula is C14H28O3. The molecule has 0 aliphatic carbocycles. The average molecular weight is 244 g/mol. The van der Waals surface area contributed by atoms with Crippen molar-refractivity contribution in [2.75, 3.05) is 7.11 Å². The van der Waals surface area contributed by atoms with Gasteiger partial charge in [0.25, 0.3) is 0 Å². The van der Waals surface area contributed by atoms with Crippen molar-refractivity contribution in [3.05, 3.63) is 0 Å². The van der Waals surface area contributed by atoms with E-state index in [1.54, 1.807) is 0 Å². The number of methoxy groups -OCH3 is 1. The Kier molecular flexibility index (Phi) is 10.2. The number of ether oxygens (including phenoxy) is 1. The molecule has 0 aromatic carbocycles. The highest BCUT2D eigenvalue weighted by Gasteiger charge is 2.17. The summed E-state index contributed by atoms with van der Waals surface area (Å²) in [7, 11) is 1.35. The summed E-state index contributed by atoms with van der Waals surface area (Å²) < 4.78 is 4.54.